The van der Waals surface area contributed by atoms with Crippen LogP contribution in [0.15, 0.2) is 34.9 Å². The van der Waals surface area contributed by atoms with E-state index in [9.17, 15) is 9.59 Å². The van der Waals surface area contributed by atoms with E-state index in [2.05, 4.69) is 10.5 Å². The first-order valence-corrected chi connectivity index (χ1v) is 8.38. The number of amides is 2. The molecule has 3 rings (SSSR count). The molecule has 132 valence electrons. The van der Waals surface area contributed by atoms with E-state index >= 15 is 0 Å². The molecule has 1 fully saturated rings. The van der Waals surface area contributed by atoms with Gasteiger partial charge in [-0.3, -0.25) is 14.5 Å². The summed E-state index contributed by atoms with van der Waals surface area (Å²) in [7, 11) is 0. The number of rotatable bonds is 5. The molecule has 7 nitrogen and oxygen atoms in total. The Bertz CT molecular complexity index is 749. The Morgan fingerprint density at radius 1 is 1.28 bits per heavy atom. The Kier molecular flexibility index (Phi) is 5.14. The second kappa shape index (κ2) is 7.48. The van der Waals surface area contributed by atoms with Crippen LogP contribution in [0.4, 0.5) is 0 Å². The SMILES string of the molecule is Cc1onc(-c2ccccc2)c1C(=O)NC1CCN(CC(N)=O)CC1. The molecule has 25 heavy (non-hydrogen) atoms. The quantitative estimate of drug-likeness (QED) is 0.853. The third-order valence-corrected chi connectivity index (χ3v) is 4.44. The standard InChI is InChI=1S/C18H22N4O3/c1-12-16(17(21-25-12)13-5-3-2-4-6-13)18(24)20-14-7-9-22(10-8-14)11-15(19)23/h2-6,14H,7-11H2,1H3,(H2,19,23)(H,20,24). The van der Waals surface area contributed by atoms with Crippen LogP contribution in [-0.2, 0) is 4.79 Å². The largest absolute Gasteiger partial charge is 0.369 e. The topological polar surface area (TPSA) is 101 Å². The molecule has 0 radical (unpaired) electrons. The summed E-state index contributed by atoms with van der Waals surface area (Å²) >= 11 is 0. The highest BCUT2D eigenvalue weighted by molar-refractivity contribution is 6.00. The highest BCUT2D eigenvalue weighted by Gasteiger charge is 2.26. The lowest BCUT2D eigenvalue weighted by Gasteiger charge is -2.31. The van der Waals surface area contributed by atoms with E-state index in [1.165, 1.54) is 0 Å². The first kappa shape index (κ1) is 17.2. The summed E-state index contributed by atoms with van der Waals surface area (Å²) in [5.41, 5.74) is 7.11. The Morgan fingerprint density at radius 3 is 2.60 bits per heavy atom. The van der Waals surface area contributed by atoms with Gasteiger partial charge >= 0.3 is 0 Å². The summed E-state index contributed by atoms with van der Waals surface area (Å²) in [6.07, 6.45) is 1.56. The minimum Gasteiger partial charge on any atom is -0.369 e. The zero-order valence-electron chi connectivity index (χ0n) is 14.2. The van der Waals surface area contributed by atoms with E-state index in [0.717, 1.165) is 31.5 Å². The third-order valence-electron chi connectivity index (χ3n) is 4.44. The number of primary amides is 1. The van der Waals surface area contributed by atoms with Gasteiger partial charge in [0.15, 0.2) is 0 Å². The van der Waals surface area contributed by atoms with Crippen LogP contribution in [0.1, 0.15) is 29.0 Å². The van der Waals surface area contributed by atoms with Crippen molar-refractivity contribution in [3.05, 3.63) is 41.7 Å². The molecule has 7 heteroatoms. The van der Waals surface area contributed by atoms with E-state index < -0.39 is 0 Å². The lowest BCUT2D eigenvalue weighted by molar-refractivity contribution is -0.119. The molecule has 2 aromatic rings. The average molecular weight is 342 g/mol. The van der Waals surface area contributed by atoms with Crippen LogP contribution in [0.5, 0.6) is 0 Å². The van der Waals surface area contributed by atoms with E-state index in [-0.39, 0.29) is 24.4 Å². The summed E-state index contributed by atoms with van der Waals surface area (Å²) in [5, 5.41) is 7.11. The van der Waals surface area contributed by atoms with E-state index in [1.807, 2.05) is 35.2 Å². The van der Waals surface area contributed by atoms with Gasteiger partial charge in [0.2, 0.25) is 5.91 Å². The number of aromatic nitrogens is 1. The van der Waals surface area contributed by atoms with Crippen molar-refractivity contribution in [1.82, 2.24) is 15.4 Å². The molecule has 2 amide bonds. The fourth-order valence-corrected chi connectivity index (χ4v) is 3.15. The molecule has 0 aliphatic carbocycles. The summed E-state index contributed by atoms with van der Waals surface area (Å²) in [5.74, 6) is 0.00329. The first-order valence-electron chi connectivity index (χ1n) is 8.38. The number of carbonyl (C=O) groups is 2. The number of carbonyl (C=O) groups excluding carboxylic acids is 2. The van der Waals surface area contributed by atoms with E-state index in [1.54, 1.807) is 6.92 Å². The number of likely N-dealkylation sites (tertiary alicyclic amines) is 1. The molecular weight excluding hydrogens is 320 g/mol. The van der Waals surface area contributed by atoms with Crippen LogP contribution in [-0.4, -0.2) is 47.5 Å². The van der Waals surface area contributed by atoms with Gasteiger partial charge in [0.05, 0.1) is 6.54 Å². The van der Waals surface area contributed by atoms with Gasteiger partial charge in [-0.2, -0.15) is 0 Å². The van der Waals surface area contributed by atoms with Gasteiger partial charge in [-0.15, -0.1) is 0 Å². The molecular formula is C18H22N4O3. The molecule has 1 saturated heterocycles. The molecule has 1 aliphatic rings. The molecule has 0 atom stereocenters. The molecule has 0 unspecified atom stereocenters. The van der Waals surface area contributed by atoms with Crippen molar-refractivity contribution in [3.63, 3.8) is 0 Å². The summed E-state index contributed by atoms with van der Waals surface area (Å²) < 4.78 is 5.25. The summed E-state index contributed by atoms with van der Waals surface area (Å²) in [6.45, 7) is 3.48. The van der Waals surface area contributed by atoms with Gasteiger partial charge < -0.3 is 15.6 Å². The fourth-order valence-electron chi connectivity index (χ4n) is 3.15. The highest BCUT2D eigenvalue weighted by Crippen LogP contribution is 2.25. The number of aryl methyl sites for hydroxylation is 1. The number of benzene rings is 1. The van der Waals surface area contributed by atoms with Crippen LogP contribution in [0.25, 0.3) is 11.3 Å². The smallest absolute Gasteiger partial charge is 0.257 e. The highest BCUT2D eigenvalue weighted by atomic mass is 16.5. The molecule has 1 aromatic carbocycles. The van der Waals surface area contributed by atoms with Crippen LogP contribution in [0, 0.1) is 6.92 Å². The lowest BCUT2D eigenvalue weighted by Crippen LogP contribution is -2.46. The number of nitrogens with one attached hydrogen (secondary N) is 1. The van der Waals surface area contributed by atoms with Gasteiger partial charge in [-0.25, -0.2) is 0 Å². The first-order chi connectivity index (χ1) is 12.0. The predicted octanol–water partition coefficient (Wildman–Crippen LogP) is 1.33. The normalized spacial score (nSPS) is 15.9. The maximum absolute atomic E-state index is 12.7. The number of hydrogen-bond donors (Lipinski definition) is 2. The fraction of sp³-hybridized carbons (Fsp3) is 0.389. The Morgan fingerprint density at radius 2 is 1.96 bits per heavy atom. The predicted molar refractivity (Wildman–Crippen MR) is 92.8 cm³/mol. The van der Waals surface area contributed by atoms with Crippen molar-refractivity contribution in [1.29, 1.82) is 0 Å². The molecule has 2 heterocycles. The second-order valence-corrected chi connectivity index (χ2v) is 6.32. The van der Waals surface area contributed by atoms with Gasteiger partial charge in [0.1, 0.15) is 17.0 Å². The Labute approximate surface area is 146 Å². The van der Waals surface area contributed by atoms with Crippen molar-refractivity contribution >= 4 is 11.8 Å². The van der Waals surface area contributed by atoms with Gasteiger partial charge in [0, 0.05) is 24.7 Å². The molecule has 3 N–H and O–H groups in total. The zero-order chi connectivity index (χ0) is 17.8. The van der Waals surface area contributed by atoms with Crippen LogP contribution in [0.2, 0.25) is 0 Å². The van der Waals surface area contributed by atoms with Gasteiger partial charge in [0.25, 0.3) is 5.91 Å². The monoisotopic (exact) mass is 342 g/mol. The van der Waals surface area contributed by atoms with Gasteiger partial charge in [-0.05, 0) is 19.8 Å². The molecule has 0 saturated carbocycles. The minimum atomic E-state index is -0.324. The molecule has 0 spiro atoms. The Hall–Kier alpha value is -2.67. The number of nitrogens with zero attached hydrogens (tertiary/aromatic N) is 2. The van der Waals surface area contributed by atoms with Crippen molar-refractivity contribution in [3.8, 4) is 11.3 Å². The second-order valence-electron chi connectivity index (χ2n) is 6.32. The average Bonchev–Trinajstić information content (AvgIpc) is 2.99. The van der Waals surface area contributed by atoms with Crippen molar-refractivity contribution in [2.45, 2.75) is 25.8 Å². The van der Waals surface area contributed by atoms with Crippen molar-refractivity contribution in [2.24, 2.45) is 5.73 Å². The summed E-state index contributed by atoms with van der Waals surface area (Å²) in [6, 6.07) is 9.57. The Balaban J connectivity index is 1.67. The minimum absolute atomic E-state index is 0.0644. The zero-order valence-corrected chi connectivity index (χ0v) is 14.2. The van der Waals surface area contributed by atoms with Crippen LogP contribution < -0.4 is 11.1 Å². The van der Waals surface area contributed by atoms with Crippen LogP contribution >= 0.6 is 0 Å². The van der Waals surface area contributed by atoms with E-state index in [4.69, 9.17) is 10.3 Å². The number of piperidine rings is 1. The lowest BCUT2D eigenvalue weighted by atomic mass is 10.0. The molecule has 0 bridgehead atoms. The van der Waals surface area contributed by atoms with Gasteiger partial charge in [-0.1, -0.05) is 35.5 Å². The van der Waals surface area contributed by atoms with Crippen LogP contribution in [0.3, 0.4) is 0 Å². The number of hydrogen-bond acceptors (Lipinski definition) is 5. The van der Waals surface area contributed by atoms with Crippen molar-refractivity contribution in [2.75, 3.05) is 19.6 Å². The maximum Gasteiger partial charge on any atom is 0.257 e. The molecule has 1 aliphatic heterocycles. The summed E-state index contributed by atoms with van der Waals surface area (Å²) in [4.78, 5) is 25.7. The third kappa shape index (κ3) is 4.06. The van der Waals surface area contributed by atoms with E-state index in [0.29, 0.717) is 17.0 Å². The maximum atomic E-state index is 12.7. The molecule has 1 aromatic heterocycles. The number of nitrogens with two attached hydrogens (primary N) is 1. The van der Waals surface area contributed by atoms with Crippen molar-refractivity contribution < 1.29 is 14.1 Å².